The lowest BCUT2D eigenvalue weighted by atomic mass is 10.1. The number of alkyl halides is 1. The third-order valence-electron chi connectivity index (χ3n) is 2.12. The molecule has 2 atom stereocenters. The van der Waals surface area contributed by atoms with Crippen LogP contribution in [0.2, 0.25) is 0 Å². The summed E-state index contributed by atoms with van der Waals surface area (Å²) in [5.41, 5.74) is 7.40. The number of hydrogen-bond donors (Lipinski definition) is 2. The van der Waals surface area contributed by atoms with Gasteiger partial charge in [0.2, 0.25) is 0 Å². The van der Waals surface area contributed by atoms with Crippen molar-refractivity contribution in [2.24, 2.45) is 0 Å². The number of hydrogen-bond acceptors (Lipinski definition) is 2. The van der Waals surface area contributed by atoms with Crippen LogP contribution in [0.3, 0.4) is 0 Å². The minimum atomic E-state index is 0.120. The Morgan fingerprint density at radius 2 is 2.31 bits per heavy atom. The summed E-state index contributed by atoms with van der Waals surface area (Å²) in [6, 6.07) is 8.39. The molecule has 0 aromatic heterocycles. The summed E-state index contributed by atoms with van der Waals surface area (Å²) < 4.78 is 1.09. The summed E-state index contributed by atoms with van der Waals surface area (Å²) in [7, 11) is 0. The lowest BCUT2D eigenvalue weighted by Gasteiger charge is -2.13. The van der Waals surface area contributed by atoms with Crippen molar-refractivity contribution < 1.29 is 0 Å². The minimum absolute atomic E-state index is 0.120. The SMILES string of the molecule is ClC1CNNC1c1cccc(Br)c1. The summed E-state index contributed by atoms with van der Waals surface area (Å²) in [5.74, 6) is 0. The number of halogens is 2. The van der Waals surface area contributed by atoms with Crippen molar-refractivity contribution >= 4 is 27.5 Å². The first-order valence-corrected chi connectivity index (χ1v) is 5.38. The number of rotatable bonds is 1. The molecule has 1 aromatic carbocycles. The van der Waals surface area contributed by atoms with Crippen LogP contribution in [0.25, 0.3) is 0 Å². The van der Waals surface area contributed by atoms with E-state index >= 15 is 0 Å². The van der Waals surface area contributed by atoms with E-state index in [9.17, 15) is 0 Å². The van der Waals surface area contributed by atoms with Gasteiger partial charge in [-0.1, -0.05) is 28.1 Å². The van der Waals surface area contributed by atoms with Gasteiger partial charge in [-0.25, -0.2) is 5.43 Å². The maximum Gasteiger partial charge on any atom is 0.0682 e. The first kappa shape index (κ1) is 9.46. The molecular weight excluding hydrogens is 251 g/mol. The highest BCUT2D eigenvalue weighted by Crippen LogP contribution is 2.25. The van der Waals surface area contributed by atoms with Crippen LogP contribution in [-0.2, 0) is 0 Å². The molecule has 1 fully saturated rings. The Morgan fingerprint density at radius 1 is 1.46 bits per heavy atom. The summed E-state index contributed by atoms with van der Waals surface area (Å²) in [6.45, 7) is 0.804. The maximum absolute atomic E-state index is 6.12. The number of benzene rings is 1. The Morgan fingerprint density at radius 3 is 2.92 bits per heavy atom. The molecule has 13 heavy (non-hydrogen) atoms. The molecule has 2 unspecified atom stereocenters. The van der Waals surface area contributed by atoms with E-state index in [0.29, 0.717) is 0 Å². The largest absolute Gasteiger partial charge is 0.256 e. The molecule has 2 rings (SSSR count). The molecule has 0 aliphatic carbocycles. The molecule has 0 bridgehead atoms. The molecule has 0 spiro atoms. The second-order valence-corrected chi connectivity index (χ2v) is 4.55. The van der Waals surface area contributed by atoms with Crippen LogP contribution in [0.4, 0.5) is 0 Å². The van der Waals surface area contributed by atoms with E-state index in [1.807, 2.05) is 12.1 Å². The van der Waals surface area contributed by atoms with Crippen molar-refractivity contribution in [2.45, 2.75) is 11.4 Å². The van der Waals surface area contributed by atoms with Crippen molar-refractivity contribution in [3.8, 4) is 0 Å². The van der Waals surface area contributed by atoms with Crippen molar-refractivity contribution in [3.63, 3.8) is 0 Å². The van der Waals surface area contributed by atoms with Gasteiger partial charge in [0, 0.05) is 11.0 Å². The van der Waals surface area contributed by atoms with Gasteiger partial charge >= 0.3 is 0 Å². The summed E-state index contributed by atoms with van der Waals surface area (Å²) >= 11 is 9.56. The first-order valence-electron chi connectivity index (χ1n) is 4.15. The van der Waals surface area contributed by atoms with Gasteiger partial charge in [-0.2, -0.15) is 0 Å². The van der Waals surface area contributed by atoms with E-state index in [2.05, 4.69) is 38.9 Å². The van der Waals surface area contributed by atoms with Gasteiger partial charge < -0.3 is 0 Å². The molecule has 70 valence electrons. The molecule has 1 aromatic rings. The van der Waals surface area contributed by atoms with E-state index in [4.69, 9.17) is 11.6 Å². The van der Waals surface area contributed by atoms with Gasteiger partial charge in [0.1, 0.15) is 0 Å². The van der Waals surface area contributed by atoms with Crippen molar-refractivity contribution in [2.75, 3.05) is 6.54 Å². The summed E-state index contributed by atoms with van der Waals surface area (Å²) in [4.78, 5) is 0. The predicted octanol–water partition coefficient (Wildman–Crippen LogP) is 2.21. The van der Waals surface area contributed by atoms with Crippen LogP contribution < -0.4 is 10.9 Å². The zero-order valence-corrected chi connectivity index (χ0v) is 9.27. The molecule has 1 aliphatic rings. The topological polar surface area (TPSA) is 24.1 Å². The molecule has 0 saturated carbocycles. The average Bonchev–Trinajstić information content (AvgIpc) is 2.51. The van der Waals surface area contributed by atoms with E-state index in [-0.39, 0.29) is 11.4 Å². The van der Waals surface area contributed by atoms with Crippen molar-refractivity contribution in [1.29, 1.82) is 0 Å². The Bertz CT molecular complexity index is 305. The number of nitrogens with one attached hydrogen (secondary N) is 2. The molecule has 2 nitrogen and oxygen atoms in total. The third kappa shape index (κ3) is 2.05. The van der Waals surface area contributed by atoms with Crippen molar-refractivity contribution in [1.82, 2.24) is 10.9 Å². The fourth-order valence-electron chi connectivity index (χ4n) is 1.47. The van der Waals surface area contributed by atoms with Gasteiger partial charge in [-0.05, 0) is 17.7 Å². The Balaban J connectivity index is 2.24. The van der Waals surface area contributed by atoms with Crippen LogP contribution >= 0.6 is 27.5 Å². The number of hydrazine groups is 1. The van der Waals surface area contributed by atoms with E-state index < -0.39 is 0 Å². The maximum atomic E-state index is 6.12. The van der Waals surface area contributed by atoms with Crippen LogP contribution in [0.1, 0.15) is 11.6 Å². The van der Waals surface area contributed by atoms with Crippen LogP contribution in [-0.4, -0.2) is 11.9 Å². The van der Waals surface area contributed by atoms with Gasteiger partial charge in [-0.15, -0.1) is 11.6 Å². The monoisotopic (exact) mass is 260 g/mol. The molecular formula is C9H10BrClN2. The standard InChI is InChI=1S/C9H10BrClN2/c10-7-3-1-2-6(4-7)9-8(11)5-12-13-9/h1-4,8-9,12-13H,5H2. The second-order valence-electron chi connectivity index (χ2n) is 3.07. The highest BCUT2D eigenvalue weighted by atomic mass is 79.9. The van der Waals surface area contributed by atoms with Crippen LogP contribution in [0, 0.1) is 0 Å². The average molecular weight is 262 g/mol. The van der Waals surface area contributed by atoms with E-state index in [0.717, 1.165) is 11.0 Å². The zero-order valence-electron chi connectivity index (χ0n) is 6.93. The molecule has 1 saturated heterocycles. The molecule has 0 amide bonds. The fourth-order valence-corrected chi connectivity index (χ4v) is 2.17. The van der Waals surface area contributed by atoms with E-state index in [1.54, 1.807) is 0 Å². The van der Waals surface area contributed by atoms with Gasteiger partial charge in [0.05, 0.1) is 11.4 Å². The van der Waals surface area contributed by atoms with Gasteiger partial charge in [0.15, 0.2) is 0 Å². The fraction of sp³-hybridized carbons (Fsp3) is 0.333. The first-order chi connectivity index (χ1) is 6.27. The molecule has 0 radical (unpaired) electrons. The highest BCUT2D eigenvalue weighted by Gasteiger charge is 2.25. The molecule has 1 aliphatic heterocycles. The van der Waals surface area contributed by atoms with Gasteiger partial charge in [0.25, 0.3) is 0 Å². The Labute approximate surface area is 90.8 Å². The molecule has 4 heteroatoms. The minimum Gasteiger partial charge on any atom is -0.256 e. The lowest BCUT2D eigenvalue weighted by molar-refractivity contribution is 0.582. The summed E-state index contributed by atoms with van der Waals surface area (Å²) in [6.07, 6.45) is 0. The second kappa shape index (κ2) is 3.96. The Hall–Kier alpha value is -0.0900. The third-order valence-corrected chi connectivity index (χ3v) is 3.02. The van der Waals surface area contributed by atoms with Crippen molar-refractivity contribution in [3.05, 3.63) is 34.3 Å². The quantitative estimate of drug-likeness (QED) is 0.758. The predicted molar refractivity (Wildman–Crippen MR) is 57.7 cm³/mol. The van der Waals surface area contributed by atoms with E-state index in [1.165, 1.54) is 5.56 Å². The van der Waals surface area contributed by atoms with Crippen LogP contribution in [0.5, 0.6) is 0 Å². The lowest BCUT2D eigenvalue weighted by Crippen LogP contribution is -2.25. The zero-order chi connectivity index (χ0) is 9.26. The molecule has 2 N–H and O–H groups in total. The highest BCUT2D eigenvalue weighted by molar-refractivity contribution is 9.10. The smallest absolute Gasteiger partial charge is 0.0682 e. The Kier molecular flexibility index (Phi) is 2.89. The summed E-state index contributed by atoms with van der Waals surface area (Å²) in [5, 5.41) is 0.120. The normalized spacial score (nSPS) is 27.8. The molecule has 1 heterocycles. The van der Waals surface area contributed by atoms with Crippen LogP contribution in [0.15, 0.2) is 28.7 Å². The van der Waals surface area contributed by atoms with Gasteiger partial charge in [-0.3, -0.25) is 5.43 Å².